The average Bonchev–Trinajstić information content (AvgIpc) is 2.99. The van der Waals surface area contributed by atoms with Crippen molar-refractivity contribution in [3.63, 3.8) is 0 Å². The van der Waals surface area contributed by atoms with E-state index in [2.05, 4.69) is 20.8 Å². The quantitative estimate of drug-likeness (QED) is 0.113. The third kappa shape index (κ3) is 12.3. The first-order valence-electron chi connectivity index (χ1n) is 15.1. The first kappa shape index (κ1) is 37.4. The molecule has 0 spiro atoms. The van der Waals surface area contributed by atoms with Crippen LogP contribution in [0.25, 0.3) is 6.08 Å². The molecule has 0 aromatic carbocycles. The van der Waals surface area contributed by atoms with Crippen LogP contribution in [0.3, 0.4) is 0 Å². The molecule has 1 aliphatic heterocycles. The maximum absolute atomic E-state index is 12.5. The van der Waals surface area contributed by atoms with Crippen molar-refractivity contribution < 1.29 is 44.6 Å². The summed E-state index contributed by atoms with van der Waals surface area (Å²) in [5, 5.41) is 59.3. The van der Waals surface area contributed by atoms with Crippen molar-refractivity contribution in [2.45, 2.75) is 77.0 Å². The number of hydrogen-bond acceptors (Lipinski definition) is 9. The molecule has 0 bridgehead atoms. The van der Waals surface area contributed by atoms with Gasteiger partial charge in [-0.25, -0.2) is 9.59 Å². The molecule has 1 saturated heterocycles. The molecule has 1 aromatic heterocycles. The maximum atomic E-state index is 12.5. The summed E-state index contributed by atoms with van der Waals surface area (Å²) in [6.45, 7) is 5.95. The van der Waals surface area contributed by atoms with Gasteiger partial charge in [-0.15, -0.1) is 0 Å². The fourth-order valence-corrected chi connectivity index (χ4v) is 4.74. The van der Waals surface area contributed by atoms with Gasteiger partial charge in [-0.2, -0.15) is 0 Å². The lowest BCUT2D eigenvalue weighted by molar-refractivity contribution is -0.232. The molecule has 0 saturated carbocycles. The molecule has 1 fully saturated rings. The molecule has 7 atom stereocenters. The van der Waals surface area contributed by atoms with Gasteiger partial charge in [0.05, 0.1) is 12.2 Å². The molecule has 45 heavy (non-hydrogen) atoms. The van der Waals surface area contributed by atoms with Crippen LogP contribution in [0.2, 0.25) is 0 Å². The molecular weight excluding hydrogens is 580 g/mol. The number of aromatic hydroxyl groups is 1. The summed E-state index contributed by atoms with van der Waals surface area (Å²) in [5.41, 5.74) is -1.17. The van der Waals surface area contributed by atoms with Crippen LogP contribution >= 0.6 is 0 Å². The van der Waals surface area contributed by atoms with E-state index < -0.39 is 60.0 Å². The number of allylic oxidation sites excluding steroid dienone is 11. The summed E-state index contributed by atoms with van der Waals surface area (Å²) >= 11 is 0. The fourth-order valence-electron chi connectivity index (χ4n) is 4.74. The normalized spacial score (nSPS) is 24.7. The van der Waals surface area contributed by atoms with Crippen LogP contribution in [0, 0.1) is 11.8 Å². The van der Waals surface area contributed by atoms with Crippen LogP contribution in [0.1, 0.15) is 63.9 Å². The molecule has 2 rings (SSSR count). The zero-order chi connectivity index (χ0) is 33.4. The fraction of sp³-hybridized carbons (Fsp3) is 0.429. The molecule has 2 heterocycles. The number of carboxylic acid groups (broad SMARTS) is 1. The number of ether oxygens (including phenoxy) is 1. The summed E-state index contributed by atoms with van der Waals surface area (Å²) in [5.74, 6) is -0.222. The highest BCUT2D eigenvalue weighted by molar-refractivity contribution is 5.89. The van der Waals surface area contributed by atoms with Crippen molar-refractivity contribution in [2.24, 2.45) is 11.8 Å². The minimum Gasteiger partial charge on any atom is -0.507 e. The topological polar surface area (TPSA) is 178 Å². The monoisotopic (exact) mass is 626 g/mol. The van der Waals surface area contributed by atoms with E-state index in [1.165, 1.54) is 6.08 Å². The van der Waals surface area contributed by atoms with E-state index in [0.29, 0.717) is 11.8 Å². The lowest BCUT2D eigenvalue weighted by atomic mass is 9.91. The van der Waals surface area contributed by atoms with Gasteiger partial charge in [0.1, 0.15) is 47.6 Å². The van der Waals surface area contributed by atoms with E-state index in [0.717, 1.165) is 31.7 Å². The van der Waals surface area contributed by atoms with Gasteiger partial charge < -0.3 is 39.8 Å². The Morgan fingerprint density at radius 2 is 1.51 bits per heavy atom. The van der Waals surface area contributed by atoms with Crippen LogP contribution in [0.5, 0.6) is 5.75 Å². The predicted octanol–water partition coefficient (Wildman–Crippen LogP) is 4.52. The van der Waals surface area contributed by atoms with Crippen molar-refractivity contribution in [3.8, 4) is 5.75 Å². The Labute approximate surface area is 264 Å². The van der Waals surface area contributed by atoms with Crippen LogP contribution < -0.4 is 5.63 Å². The Kier molecular flexibility index (Phi) is 16.2. The first-order chi connectivity index (χ1) is 21.5. The van der Waals surface area contributed by atoms with Gasteiger partial charge in [0.15, 0.2) is 0 Å². The van der Waals surface area contributed by atoms with Crippen LogP contribution in [0.15, 0.2) is 93.8 Å². The number of aliphatic carboxylic acids is 1. The zero-order valence-corrected chi connectivity index (χ0v) is 26.0. The Bertz CT molecular complexity index is 1340. The van der Waals surface area contributed by atoms with E-state index in [1.54, 1.807) is 72.9 Å². The highest BCUT2D eigenvalue weighted by Crippen LogP contribution is 2.35. The highest BCUT2D eigenvalue weighted by Gasteiger charge is 2.46. The molecule has 0 radical (unpaired) electrons. The summed E-state index contributed by atoms with van der Waals surface area (Å²) in [6.07, 6.45) is 18.3. The molecule has 1 aromatic rings. The first-order valence-corrected chi connectivity index (χ1v) is 15.1. The van der Waals surface area contributed by atoms with Crippen LogP contribution in [-0.4, -0.2) is 67.6 Å². The summed E-state index contributed by atoms with van der Waals surface area (Å²) in [6, 6.07) is 1.15. The van der Waals surface area contributed by atoms with Crippen LogP contribution in [0.4, 0.5) is 0 Å². The van der Waals surface area contributed by atoms with Gasteiger partial charge in [-0.1, -0.05) is 94.0 Å². The summed E-state index contributed by atoms with van der Waals surface area (Å²) in [7, 11) is 0. The molecule has 10 nitrogen and oxygen atoms in total. The molecule has 0 amide bonds. The van der Waals surface area contributed by atoms with Crippen molar-refractivity contribution >= 4 is 12.0 Å². The van der Waals surface area contributed by atoms with Crippen molar-refractivity contribution in [1.82, 2.24) is 0 Å². The second-order valence-corrected chi connectivity index (χ2v) is 11.1. The van der Waals surface area contributed by atoms with E-state index >= 15 is 0 Å². The van der Waals surface area contributed by atoms with Gasteiger partial charge in [0.2, 0.25) is 0 Å². The molecule has 2 unspecified atom stereocenters. The van der Waals surface area contributed by atoms with Crippen molar-refractivity contribution in [1.29, 1.82) is 0 Å². The largest absolute Gasteiger partial charge is 0.507 e. The average molecular weight is 627 g/mol. The highest BCUT2D eigenvalue weighted by atomic mass is 16.5. The van der Waals surface area contributed by atoms with Crippen molar-refractivity contribution in [2.75, 3.05) is 6.61 Å². The predicted molar refractivity (Wildman–Crippen MR) is 172 cm³/mol. The number of rotatable bonds is 16. The third-order valence-electron chi connectivity index (χ3n) is 7.47. The Morgan fingerprint density at radius 3 is 2.07 bits per heavy atom. The van der Waals surface area contributed by atoms with Gasteiger partial charge in [0, 0.05) is 6.07 Å². The van der Waals surface area contributed by atoms with E-state index in [1.807, 2.05) is 0 Å². The molecule has 246 valence electrons. The number of hydrogen-bond donors (Lipinski definition) is 6. The SMILES string of the molecule is CCC(C)CC(C)CC/C=C(/C=C\C=C\C=C\C=C\C=C\C=C\c1cc(O)c([C@@H]2O[C@H](CO)[C@H](O)[C@H](O)[C@H]2O)c(=O)o1)C(=O)O. The van der Waals surface area contributed by atoms with E-state index in [4.69, 9.17) is 9.15 Å². The maximum Gasteiger partial charge on any atom is 0.345 e. The van der Waals surface area contributed by atoms with E-state index in [-0.39, 0.29) is 11.3 Å². The molecule has 6 N–H and O–H groups in total. The Hall–Kier alpha value is -3.80. The van der Waals surface area contributed by atoms with Crippen LogP contribution in [-0.2, 0) is 9.53 Å². The second kappa shape index (κ2) is 19.6. The molecule has 1 aliphatic rings. The molecular formula is C35H46O10. The smallest absolute Gasteiger partial charge is 0.345 e. The number of carboxylic acids is 1. The van der Waals surface area contributed by atoms with Gasteiger partial charge in [-0.3, -0.25) is 0 Å². The lowest BCUT2D eigenvalue weighted by Crippen LogP contribution is -2.55. The standard InChI is InChI=1S/C35H46O10/c1-4-23(2)20-24(3)16-15-18-25(34(41)42)17-13-11-9-7-5-6-8-10-12-14-19-26-21-27(37)29(35(43)44-26)33-32(40)31(39)30(38)28(22-36)45-33/h5-14,17-19,21,23-24,28,30-33,36-40H,4,15-16,20,22H2,1-3H3,(H,41,42)/b7-5+,8-6+,11-9+,12-10+,17-13-,19-14+,25-18-/t23?,24?,28-,30+,31+,32-,33+/m1/s1. The number of carbonyl (C=O) groups is 1. The van der Waals surface area contributed by atoms with Gasteiger partial charge in [0.25, 0.3) is 0 Å². The molecule has 10 heteroatoms. The number of aliphatic hydroxyl groups excluding tert-OH is 4. The minimum absolute atomic E-state index is 0.0228. The summed E-state index contributed by atoms with van der Waals surface area (Å²) < 4.78 is 10.5. The minimum atomic E-state index is -1.73. The van der Waals surface area contributed by atoms with E-state index in [9.17, 15) is 40.2 Å². The number of aliphatic hydroxyl groups is 4. The zero-order valence-electron chi connectivity index (χ0n) is 26.0. The summed E-state index contributed by atoms with van der Waals surface area (Å²) in [4.78, 5) is 24.0. The molecule has 0 aliphatic carbocycles. The van der Waals surface area contributed by atoms with Gasteiger partial charge >= 0.3 is 11.6 Å². The Morgan fingerprint density at radius 1 is 0.911 bits per heavy atom. The third-order valence-corrected chi connectivity index (χ3v) is 7.47. The van der Waals surface area contributed by atoms with Crippen molar-refractivity contribution in [3.05, 3.63) is 106 Å². The lowest BCUT2D eigenvalue weighted by Gasteiger charge is -2.39. The van der Waals surface area contributed by atoms with Gasteiger partial charge in [-0.05, 0) is 43.3 Å². The Balaban J connectivity index is 1.86. The second-order valence-electron chi connectivity index (χ2n) is 11.1.